The predicted octanol–water partition coefficient (Wildman–Crippen LogP) is 4.47. The fourth-order valence-corrected chi connectivity index (χ4v) is 3.33. The minimum Gasteiger partial charge on any atom is -0.454 e. The van der Waals surface area contributed by atoms with Crippen LogP contribution in [0.15, 0.2) is 48.5 Å². The van der Waals surface area contributed by atoms with E-state index in [-0.39, 0.29) is 12.3 Å². The number of alkyl carbamates (subject to hydrolysis) is 1. The summed E-state index contributed by atoms with van der Waals surface area (Å²) in [7, 11) is 0. The van der Waals surface area contributed by atoms with E-state index in [9.17, 15) is 9.90 Å². The van der Waals surface area contributed by atoms with Gasteiger partial charge in [-0.25, -0.2) is 9.18 Å². The lowest BCUT2D eigenvalue weighted by Gasteiger charge is -2.39. The Morgan fingerprint density at radius 3 is 2.43 bits per heavy atom. The average Bonchev–Trinajstić information content (AvgIpc) is 2.69. The molecule has 0 spiro atoms. The van der Waals surface area contributed by atoms with Crippen molar-refractivity contribution in [1.29, 1.82) is 0 Å². The van der Waals surface area contributed by atoms with Gasteiger partial charge in [-0.1, -0.05) is 24.3 Å². The summed E-state index contributed by atoms with van der Waals surface area (Å²) in [6.45, 7) is 6.35. The number of hydrogen-bond acceptors (Lipinski definition) is 5. The highest BCUT2D eigenvalue weighted by atomic mass is 19.1. The zero-order valence-corrected chi connectivity index (χ0v) is 17.7. The zero-order valence-electron chi connectivity index (χ0n) is 17.7. The van der Waals surface area contributed by atoms with Crippen molar-refractivity contribution in [2.75, 3.05) is 24.5 Å². The molecule has 1 aliphatic rings. The number of benzene rings is 2. The van der Waals surface area contributed by atoms with Gasteiger partial charge >= 0.3 is 6.09 Å². The number of piperidine rings is 1. The third-order valence-corrected chi connectivity index (χ3v) is 4.91. The molecule has 0 aliphatic carbocycles. The van der Waals surface area contributed by atoms with Gasteiger partial charge in [-0.2, -0.15) is 0 Å². The molecule has 0 unspecified atom stereocenters. The van der Waals surface area contributed by atoms with Crippen LogP contribution in [0.5, 0.6) is 11.5 Å². The van der Waals surface area contributed by atoms with Crippen molar-refractivity contribution >= 4 is 11.8 Å². The molecule has 30 heavy (non-hydrogen) atoms. The van der Waals surface area contributed by atoms with Crippen LogP contribution in [0, 0.1) is 5.82 Å². The number of aliphatic hydroxyl groups is 1. The van der Waals surface area contributed by atoms with Gasteiger partial charge in [0.05, 0.1) is 11.3 Å². The van der Waals surface area contributed by atoms with Crippen LogP contribution in [-0.4, -0.2) is 42.0 Å². The number of rotatable bonds is 5. The number of ether oxygens (including phenoxy) is 2. The van der Waals surface area contributed by atoms with E-state index in [1.54, 1.807) is 51.1 Å². The fourth-order valence-electron chi connectivity index (χ4n) is 3.33. The third-order valence-electron chi connectivity index (χ3n) is 4.91. The van der Waals surface area contributed by atoms with Gasteiger partial charge in [0.2, 0.25) is 0 Å². The minimum atomic E-state index is -1.05. The summed E-state index contributed by atoms with van der Waals surface area (Å²) >= 11 is 0. The lowest BCUT2D eigenvalue weighted by Crippen LogP contribution is -2.51. The Morgan fingerprint density at radius 2 is 1.80 bits per heavy atom. The highest BCUT2D eigenvalue weighted by molar-refractivity contribution is 5.67. The molecule has 0 atom stereocenters. The van der Waals surface area contributed by atoms with E-state index in [4.69, 9.17) is 9.47 Å². The summed E-state index contributed by atoms with van der Waals surface area (Å²) in [5.41, 5.74) is -1.21. The minimum absolute atomic E-state index is 0.0927. The molecule has 2 aromatic carbocycles. The van der Waals surface area contributed by atoms with Crippen LogP contribution in [0.2, 0.25) is 0 Å². The van der Waals surface area contributed by atoms with Crippen LogP contribution in [0.3, 0.4) is 0 Å². The van der Waals surface area contributed by atoms with Gasteiger partial charge in [0.1, 0.15) is 11.4 Å². The quantitative estimate of drug-likeness (QED) is 0.752. The van der Waals surface area contributed by atoms with Crippen molar-refractivity contribution in [2.24, 2.45) is 0 Å². The molecule has 2 N–H and O–H groups in total. The second-order valence-corrected chi connectivity index (χ2v) is 8.57. The van der Waals surface area contributed by atoms with Gasteiger partial charge in [0, 0.05) is 19.6 Å². The molecule has 6 nitrogen and oxygen atoms in total. The SMILES string of the molecule is CC(C)(C)OC(=O)NCC1(O)CCN(c2cccc(Oc3ccccc3)c2F)CC1. The highest BCUT2D eigenvalue weighted by Crippen LogP contribution is 2.33. The van der Waals surface area contributed by atoms with Crippen molar-refractivity contribution in [1.82, 2.24) is 5.32 Å². The Labute approximate surface area is 176 Å². The number of anilines is 1. The lowest BCUT2D eigenvalue weighted by atomic mass is 9.91. The largest absolute Gasteiger partial charge is 0.454 e. The molecule has 0 radical (unpaired) electrons. The van der Waals surface area contributed by atoms with Gasteiger partial charge in [-0.05, 0) is 57.9 Å². The number of nitrogens with zero attached hydrogens (tertiary/aromatic N) is 1. The van der Waals surface area contributed by atoms with Crippen molar-refractivity contribution in [3.63, 3.8) is 0 Å². The molecule has 3 rings (SSSR count). The number of carbonyl (C=O) groups excluding carboxylic acids is 1. The number of hydrogen-bond donors (Lipinski definition) is 2. The average molecular weight is 416 g/mol. The first-order chi connectivity index (χ1) is 14.2. The number of halogens is 1. The molecule has 0 aromatic heterocycles. The van der Waals surface area contributed by atoms with Crippen LogP contribution < -0.4 is 15.0 Å². The second kappa shape index (κ2) is 8.92. The van der Waals surface area contributed by atoms with Gasteiger partial charge in [0.15, 0.2) is 11.6 Å². The van der Waals surface area contributed by atoms with Crippen molar-refractivity contribution < 1.29 is 23.8 Å². The highest BCUT2D eigenvalue weighted by Gasteiger charge is 2.34. The standard InChI is InChI=1S/C23H29FN2O4/c1-22(2,3)30-21(27)25-16-23(28)12-14-26(15-13-23)18-10-7-11-19(20(18)24)29-17-8-5-4-6-9-17/h4-11,28H,12-16H2,1-3H3,(H,25,27). The van der Waals surface area contributed by atoms with E-state index in [2.05, 4.69) is 5.32 Å². The predicted molar refractivity (Wildman–Crippen MR) is 114 cm³/mol. The Balaban J connectivity index is 1.59. The van der Waals surface area contributed by atoms with Gasteiger partial charge < -0.3 is 24.8 Å². The molecule has 1 amide bonds. The maximum absolute atomic E-state index is 15.0. The Bertz CT molecular complexity index is 859. The first-order valence-corrected chi connectivity index (χ1v) is 10.1. The van der Waals surface area contributed by atoms with E-state index < -0.39 is 23.1 Å². The molecule has 2 aromatic rings. The number of para-hydroxylation sites is 1. The summed E-state index contributed by atoms with van der Waals surface area (Å²) < 4.78 is 25.9. The smallest absolute Gasteiger partial charge is 0.407 e. The third kappa shape index (κ3) is 5.86. The van der Waals surface area contributed by atoms with Crippen LogP contribution in [-0.2, 0) is 4.74 Å². The Hall–Kier alpha value is -2.80. The lowest BCUT2D eigenvalue weighted by molar-refractivity contribution is 0.00793. The fraction of sp³-hybridized carbons (Fsp3) is 0.435. The molecule has 0 bridgehead atoms. The van der Waals surface area contributed by atoms with Crippen LogP contribution in [0.1, 0.15) is 33.6 Å². The number of carbonyl (C=O) groups is 1. The summed E-state index contributed by atoms with van der Waals surface area (Å²) in [6.07, 6.45) is 0.230. The number of nitrogens with one attached hydrogen (secondary N) is 1. The van der Waals surface area contributed by atoms with E-state index in [1.165, 1.54) is 0 Å². The van der Waals surface area contributed by atoms with E-state index in [1.807, 2.05) is 23.1 Å². The van der Waals surface area contributed by atoms with Crippen LogP contribution >= 0.6 is 0 Å². The monoisotopic (exact) mass is 416 g/mol. The van der Waals surface area contributed by atoms with Crippen molar-refractivity contribution in [3.8, 4) is 11.5 Å². The first kappa shape index (κ1) is 21.9. The normalized spacial score (nSPS) is 16.1. The summed E-state index contributed by atoms with van der Waals surface area (Å²) in [5.74, 6) is 0.291. The summed E-state index contributed by atoms with van der Waals surface area (Å²) in [6, 6.07) is 14.1. The first-order valence-electron chi connectivity index (χ1n) is 10.1. The molecule has 7 heteroatoms. The maximum atomic E-state index is 15.0. The zero-order chi connectivity index (χ0) is 21.8. The number of amides is 1. The molecule has 1 aliphatic heterocycles. The van der Waals surface area contributed by atoms with E-state index in [0.29, 0.717) is 37.4 Å². The molecular formula is C23H29FN2O4. The molecule has 1 heterocycles. The van der Waals surface area contributed by atoms with Crippen LogP contribution in [0.25, 0.3) is 0 Å². The summed E-state index contributed by atoms with van der Waals surface area (Å²) in [4.78, 5) is 13.7. The Morgan fingerprint density at radius 1 is 1.13 bits per heavy atom. The summed E-state index contributed by atoms with van der Waals surface area (Å²) in [5, 5.41) is 13.4. The van der Waals surface area contributed by atoms with Gasteiger partial charge in [0.25, 0.3) is 0 Å². The molecular weight excluding hydrogens is 387 g/mol. The maximum Gasteiger partial charge on any atom is 0.407 e. The molecule has 162 valence electrons. The van der Waals surface area contributed by atoms with Gasteiger partial charge in [-0.3, -0.25) is 0 Å². The van der Waals surface area contributed by atoms with E-state index >= 15 is 4.39 Å². The Kier molecular flexibility index (Phi) is 6.51. The molecule has 0 saturated carbocycles. The molecule has 1 fully saturated rings. The van der Waals surface area contributed by atoms with E-state index in [0.717, 1.165) is 0 Å². The second-order valence-electron chi connectivity index (χ2n) is 8.57. The topological polar surface area (TPSA) is 71.0 Å². The van der Waals surface area contributed by atoms with Crippen molar-refractivity contribution in [2.45, 2.75) is 44.8 Å². The van der Waals surface area contributed by atoms with Crippen molar-refractivity contribution in [3.05, 3.63) is 54.3 Å². The molecule has 1 saturated heterocycles. The van der Waals surface area contributed by atoms with Crippen LogP contribution in [0.4, 0.5) is 14.9 Å². The van der Waals surface area contributed by atoms with Gasteiger partial charge in [-0.15, -0.1) is 0 Å².